The van der Waals surface area contributed by atoms with E-state index in [0.29, 0.717) is 5.92 Å². The molecule has 0 aromatic heterocycles. The highest BCUT2D eigenvalue weighted by atomic mass is 16.5. The van der Waals surface area contributed by atoms with Crippen LogP contribution in [0.1, 0.15) is 77.3 Å². The van der Waals surface area contributed by atoms with Crippen molar-refractivity contribution in [3.8, 4) is 5.75 Å². The first-order valence-corrected chi connectivity index (χ1v) is 10.2. The lowest BCUT2D eigenvalue weighted by atomic mass is 9.95. The van der Waals surface area contributed by atoms with Gasteiger partial charge in [-0.3, -0.25) is 4.79 Å². The lowest BCUT2D eigenvalue weighted by Crippen LogP contribution is -2.42. The van der Waals surface area contributed by atoms with Gasteiger partial charge in [-0.15, -0.1) is 0 Å². The summed E-state index contributed by atoms with van der Waals surface area (Å²) in [6.45, 7) is 9.90. The van der Waals surface area contributed by atoms with E-state index in [1.54, 1.807) is 0 Å². The van der Waals surface area contributed by atoms with E-state index in [2.05, 4.69) is 39.8 Å². The van der Waals surface area contributed by atoms with Gasteiger partial charge in [0.25, 0.3) is 5.91 Å². The van der Waals surface area contributed by atoms with Crippen molar-refractivity contribution in [2.24, 2.45) is 5.92 Å². The maximum absolute atomic E-state index is 12.6. The number of hydrogen-bond acceptors (Lipinski definition) is 2. The molecular formula is C22H35NO2. The average Bonchev–Trinajstić information content (AvgIpc) is 2.59. The van der Waals surface area contributed by atoms with Crippen LogP contribution in [0.15, 0.2) is 12.1 Å². The van der Waals surface area contributed by atoms with Gasteiger partial charge >= 0.3 is 0 Å². The maximum Gasteiger partial charge on any atom is 0.265 e. The molecule has 0 saturated heterocycles. The summed E-state index contributed by atoms with van der Waals surface area (Å²) < 4.78 is 5.80. The van der Waals surface area contributed by atoms with Crippen molar-refractivity contribution in [2.75, 3.05) is 18.1 Å². The SMILES string of the molecule is CCCc1cc2c(cc1CCC)N(CC(CCC)CCC)C(=O)CO2. The summed E-state index contributed by atoms with van der Waals surface area (Å²) in [5.74, 6) is 1.58. The molecule has 0 bridgehead atoms. The summed E-state index contributed by atoms with van der Waals surface area (Å²) in [5, 5.41) is 0. The summed E-state index contributed by atoms with van der Waals surface area (Å²) in [5.41, 5.74) is 3.77. The third kappa shape index (κ3) is 4.99. The number of benzene rings is 1. The van der Waals surface area contributed by atoms with Gasteiger partial charge in [-0.25, -0.2) is 0 Å². The van der Waals surface area contributed by atoms with E-state index >= 15 is 0 Å². The molecule has 3 heteroatoms. The number of anilines is 1. The Hall–Kier alpha value is -1.51. The number of carbonyl (C=O) groups is 1. The van der Waals surface area contributed by atoms with Gasteiger partial charge in [-0.05, 0) is 54.9 Å². The van der Waals surface area contributed by atoms with Crippen molar-refractivity contribution < 1.29 is 9.53 Å². The minimum Gasteiger partial charge on any atom is -0.482 e. The van der Waals surface area contributed by atoms with Gasteiger partial charge in [0, 0.05) is 6.54 Å². The third-order valence-electron chi connectivity index (χ3n) is 5.10. The van der Waals surface area contributed by atoms with Crippen LogP contribution >= 0.6 is 0 Å². The molecule has 0 unspecified atom stereocenters. The molecule has 0 saturated carbocycles. The third-order valence-corrected chi connectivity index (χ3v) is 5.10. The first-order chi connectivity index (χ1) is 12.1. The van der Waals surface area contributed by atoms with Crippen LogP contribution in [-0.4, -0.2) is 19.1 Å². The summed E-state index contributed by atoms with van der Waals surface area (Å²) in [4.78, 5) is 14.6. The predicted octanol–water partition coefficient (Wildman–Crippen LogP) is 5.53. The van der Waals surface area contributed by atoms with Gasteiger partial charge < -0.3 is 9.64 Å². The molecule has 0 spiro atoms. The Labute approximate surface area is 153 Å². The highest BCUT2D eigenvalue weighted by Gasteiger charge is 2.28. The molecule has 0 N–H and O–H groups in total. The fourth-order valence-electron chi connectivity index (χ4n) is 3.94. The Bertz CT molecular complexity index is 561. The van der Waals surface area contributed by atoms with Gasteiger partial charge in [-0.2, -0.15) is 0 Å². The Kier molecular flexibility index (Phi) is 7.80. The summed E-state index contributed by atoms with van der Waals surface area (Å²) in [7, 11) is 0. The van der Waals surface area contributed by atoms with Crippen LogP contribution in [0.3, 0.4) is 0 Å². The second-order valence-electron chi connectivity index (χ2n) is 7.33. The number of fused-ring (bicyclic) bond motifs is 1. The largest absolute Gasteiger partial charge is 0.482 e. The molecule has 1 heterocycles. The fourth-order valence-corrected chi connectivity index (χ4v) is 3.94. The molecule has 1 aliphatic rings. The monoisotopic (exact) mass is 345 g/mol. The molecule has 0 atom stereocenters. The standard InChI is InChI=1S/C22H35NO2/c1-5-9-17(10-6-2)15-23-20-13-18(11-7-3)19(12-8-4)14-21(20)25-16-22(23)24/h13-14,17H,5-12,15-16H2,1-4H3. The van der Waals surface area contributed by atoms with Crippen molar-refractivity contribution in [1.29, 1.82) is 0 Å². The zero-order valence-corrected chi connectivity index (χ0v) is 16.6. The van der Waals surface area contributed by atoms with E-state index in [1.807, 2.05) is 4.90 Å². The maximum atomic E-state index is 12.6. The number of aryl methyl sites for hydroxylation is 2. The lowest BCUT2D eigenvalue weighted by Gasteiger charge is -2.33. The second-order valence-corrected chi connectivity index (χ2v) is 7.33. The number of hydrogen-bond donors (Lipinski definition) is 0. The van der Waals surface area contributed by atoms with E-state index < -0.39 is 0 Å². The van der Waals surface area contributed by atoms with E-state index in [9.17, 15) is 4.79 Å². The van der Waals surface area contributed by atoms with Crippen molar-refractivity contribution in [2.45, 2.75) is 79.1 Å². The predicted molar refractivity (Wildman–Crippen MR) is 106 cm³/mol. The van der Waals surface area contributed by atoms with Crippen molar-refractivity contribution >= 4 is 11.6 Å². The van der Waals surface area contributed by atoms with E-state index in [0.717, 1.165) is 43.7 Å². The molecule has 140 valence electrons. The molecule has 0 fully saturated rings. The normalized spacial score (nSPS) is 14.0. The van der Waals surface area contributed by atoms with Gasteiger partial charge in [0.15, 0.2) is 6.61 Å². The Morgan fingerprint density at radius 1 is 0.960 bits per heavy atom. The molecule has 1 amide bonds. The quantitative estimate of drug-likeness (QED) is 0.558. The van der Waals surface area contributed by atoms with Crippen LogP contribution in [0.2, 0.25) is 0 Å². The molecular weight excluding hydrogens is 310 g/mol. The number of rotatable bonds is 10. The minimum absolute atomic E-state index is 0.107. The smallest absolute Gasteiger partial charge is 0.265 e. The summed E-state index contributed by atoms with van der Waals surface area (Å²) in [6, 6.07) is 4.42. The molecule has 1 aliphatic heterocycles. The van der Waals surface area contributed by atoms with Crippen LogP contribution in [0, 0.1) is 5.92 Å². The van der Waals surface area contributed by atoms with Crippen molar-refractivity contribution in [1.82, 2.24) is 0 Å². The molecule has 25 heavy (non-hydrogen) atoms. The zero-order chi connectivity index (χ0) is 18.2. The summed E-state index contributed by atoms with van der Waals surface area (Å²) >= 11 is 0. The number of carbonyl (C=O) groups excluding carboxylic acids is 1. The number of amides is 1. The van der Waals surface area contributed by atoms with Crippen LogP contribution in [0.5, 0.6) is 5.75 Å². The first-order valence-electron chi connectivity index (χ1n) is 10.2. The first kappa shape index (κ1) is 19.8. The topological polar surface area (TPSA) is 29.5 Å². The zero-order valence-electron chi connectivity index (χ0n) is 16.6. The molecule has 2 rings (SSSR count). The van der Waals surface area contributed by atoms with Gasteiger partial charge in [0.2, 0.25) is 0 Å². The average molecular weight is 346 g/mol. The van der Waals surface area contributed by atoms with Crippen LogP contribution in [-0.2, 0) is 17.6 Å². The molecule has 0 radical (unpaired) electrons. The van der Waals surface area contributed by atoms with Crippen molar-refractivity contribution in [3.63, 3.8) is 0 Å². The van der Waals surface area contributed by atoms with Crippen molar-refractivity contribution in [3.05, 3.63) is 23.3 Å². The highest BCUT2D eigenvalue weighted by Crippen LogP contribution is 2.37. The Morgan fingerprint density at radius 2 is 1.56 bits per heavy atom. The van der Waals surface area contributed by atoms with E-state index in [1.165, 1.54) is 36.8 Å². The Balaban J connectivity index is 2.34. The van der Waals surface area contributed by atoms with Crippen LogP contribution in [0.25, 0.3) is 0 Å². The Morgan fingerprint density at radius 3 is 2.12 bits per heavy atom. The lowest BCUT2D eigenvalue weighted by molar-refractivity contribution is -0.121. The fraction of sp³-hybridized carbons (Fsp3) is 0.682. The highest BCUT2D eigenvalue weighted by molar-refractivity contribution is 5.98. The number of ether oxygens (including phenoxy) is 1. The van der Waals surface area contributed by atoms with Crippen LogP contribution in [0.4, 0.5) is 5.69 Å². The van der Waals surface area contributed by atoms with Gasteiger partial charge in [0.1, 0.15) is 5.75 Å². The van der Waals surface area contributed by atoms with Crippen LogP contribution < -0.4 is 9.64 Å². The van der Waals surface area contributed by atoms with E-state index in [4.69, 9.17) is 4.74 Å². The molecule has 0 aliphatic carbocycles. The second kappa shape index (κ2) is 9.84. The molecule has 3 nitrogen and oxygen atoms in total. The van der Waals surface area contributed by atoms with Gasteiger partial charge in [-0.1, -0.05) is 53.4 Å². The van der Waals surface area contributed by atoms with E-state index in [-0.39, 0.29) is 12.5 Å². The number of nitrogens with zero attached hydrogens (tertiary/aromatic N) is 1. The van der Waals surface area contributed by atoms with Gasteiger partial charge in [0.05, 0.1) is 5.69 Å². The summed E-state index contributed by atoms with van der Waals surface area (Å²) in [6.07, 6.45) is 9.12. The minimum atomic E-state index is 0.107. The molecule has 1 aromatic rings. The molecule has 1 aromatic carbocycles.